The standard InChI is InChI=1S/C7H11Br2F/c1-3-5(4-2)6(8)7(9)10/h7H,3-4H2,1-2H3. The summed E-state index contributed by atoms with van der Waals surface area (Å²) in [6.07, 6.45) is 1.81. The minimum atomic E-state index is -1.04. The molecule has 0 spiro atoms. The molecule has 1 unspecified atom stereocenters. The van der Waals surface area contributed by atoms with Crippen LogP contribution in [0, 0.1) is 0 Å². The molecule has 0 N–H and O–H groups in total. The third-order valence-electron chi connectivity index (χ3n) is 1.38. The van der Waals surface area contributed by atoms with Gasteiger partial charge >= 0.3 is 0 Å². The van der Waals surface area contributed by atoms with E-state index in [-0.39, 0.29) is 0 Å². The van der Waals surface area contributed by atoms with Gasteiger partial charge in [0.15, 0.2) is 5.08 Å². The van der Waals surface area contributed by atoms with Gasteiger partial charge in [0.25, 0.3) is 0 Å². The summed E-state index contributed by atoms with van der Waals surface area (Å²) in [6.45, 7) is 4.05. The second-order valence-corrected chi connectivity index (χ2v) is 3.62. The maximum atomic E-state index is 12.5. The number of hydrogen-bond donors (Lipinski definition) is 0. The minimum Gasteiger partial charge on any atom is -0.229 e. The smallest absolute Gasteiger partial charge is 0.186 e. The van der Waals surface area contributed by atoms with E-state index >= 15 is 0 Å². The molecule has 0 fully saturated rings. The molecule has 0 aliphatic carbocycles. The molecule has 60 valence electrons. The molecule has 0 nitrogen and oxygen atoms in total. The highest BCUT2D eigenvalue weighted by Crippen LogP contribution is 2.26. The number of halogens is 3. The van der Waals surface area contributed by atoms with Crippen molar-refractivity contribution in [2.45, 2.75) is 31.8 Å². The van der Waals surface area contributed by atoms with Crippen molar-refractivity contribution in [3.05, 3.63) is 10.1 Å². The van der Waals surface area contributed by atoms with Crippen molar-refractivity contribution >= 4 is 31.9 Å². The van der Waals surface area contributed by atoms with Crippen LogP contribution in [0.5, 0.6) is 0 Å². The van der Waals surface area contributed by atoms with Crippen molar-refractivity contribution in [2.24, 2.45) is 0 Å². The highest BCUT2D eigenvalue weighted by atomic mass is 79.9. The van der Waals surface area contributed by atoms with E-state index in [1.165, 1.54) is 0 Å². The molecule has 0 saturated carbocycles. The van der Waals surface area contributed by atoms with E-state index in [4.69, 9.17) is 0 Å². The second-order valence-electron chi connectivity index (χ2n) is 1.96. The van der Waals surface area contributed by atoms with Gasteiger partial charge in [0.1, 0.15) is 0 Å². The van der Waals surface area contributed by atoms with Crippen LogP contribution in [0.2, 0.25) is 0 Å². The maximum absolute atomic E-state index is 12.5. The summed E-state index contributed by atoms with van der Waals surface area (Å²) in [6, 6.07) is 0. The zero-order valence-corrected chi connectivity index (χ0v) is 9.30. The van der Waals surface area contributed by atoms with E-state index in [2.05, 4.69) is 31.9 Å². The molecule has 0 heterocycles. The second kappa shape index (κ2) is 5.30. The first-order valence-corrected chi connectivity index (χ1v) is 4.99. The summed E-state index contributed by atoms with van der Waals surface area (Å²) >= 11 is 6.04. The van der Waals surface area contributed by atoms with Gasteiger partial charge in [-0.2, -0.15) is 0 Å². The van der Waals surface area contributed by atoms with Gasteiger partial charge in [-0.15, -0.1) is 0 Å². The molecule has 0 saturated heterocycles. The summed E-state index contributed by atoms with van der Waals surface area (Å²) in [4.78, 5) is 0. The first-order valence-electron chi connectivity index (χ1n) is 3.29. The van der Waals surface area contributed by atoms with Crippen molar-refractivity contribution in [1.82, 2.24) is 0 Å². The van der Waals surface area contributed by atoms with Gasteiger partial charge in [0, 0.05) is 4.48 Å². The fourth-order valence-corrected chi connectivity index (χ4v) is 1.63. The van der Waals surface area contributed by atoms with Gasteiger partial charge in [-0.1, -0.05) is 35.4 Å². The predicted octanol–water partition coefficient (Wildman–Crippen LogP) is 4.15. The first-order chi connectivity index (χ1) is 4.63. The zero-order valence-electron chi connectivity index (χ0n) is 6.13. The fraction of sp³-hybridized carbons (Fsp3) is 0.714. The Kier molecular flexibility index (Phi) is 5.64. The lowest BCUT2D eigenvalue weighted by Crippen LogP contribution is -1.92. The summed E-state index contributed by atoms with van der Waals surface area (Å²) in [5, 5.41) is -1.04. The Labute approximate surface area is 78.1 Å². The molecule has 10 heavy (non-hydrogen) atoms. The van der Waals surface area contributed by atoms with Gasteiger partial charge in [0.05, 0.1) is 0 Å². The molecular formula is C7H11Br2F. The molecule has 3 heteroatoms. The number of rotatable bonds is 3. The molecule has 0 radical (unpaired) electrons. The molecule has 0 aromatic heterocycles. The van der Waals surface area contributed by atoms with Gasteiger partial charge in [0.2, 0.25) is 0 Å². The van der Waals surface area contributed by atoms with Crippen LogP contribution >= 0.6 is 31.9 Å². The average molecular weight is 274 g/mol. The van der Waals surface area contributed by atoms with Crippen LogP contribution < -0.4 is 0 Å². The summed E-state index contributed by atoms with van der Waals surface area (Å²) in [7, 11) is 0. The molecule has 1 atom stereocenters. The van der Waals surface area contributed by atoms with Crippen molar-refractivity contribution in [1.29, 1.82) is 0 Å². The largest absolute Gasteiger partial charge is 0.229 e. The molecular weight excluding hydrogens is 263 g/mol. The van der Waals surface area contributed by atoms with Crippen molar-refractivity contribution in [3.63, 3.8) is 0 Å². The Morgan fingerprint density at radius 2 is 1.80 bits per heavy atom. The molecule has 0 aromatic carbocycles. The van der Waals surface area contributed by atoms with Gasteiger partial charge in [-0.05, 0) is 28.8 Å². The van der Waals surface area contributed by atoms with E-state index in [1.54, 1.807) is 0 Å². The van der Waals surface area contributed by atoms with Crippen LogP contribution in [0.3, 0.4) is 0 Å². The molecule has 0 aliphatic heterocycles. The van der Waals surface area contributed by atoms with Crippen LogP contribution in [0.25, 0.3) is 0 Å². The van der Waals surface area contributed by atoms with Crippen molar-refractivity contribution in [3.8, 4) is 0 Å². The normalized spacial score (nSPS) is 12.9. The van der Waals surface area contributed by atoms with Gasteiger partial charge in [-0.3, -0.25) is 0 Å². The average Bonchev–Trinajstić information content (AvgIpc) is 1.90. The Morgan fingerprint density at radius 1 is 1.40 bits per heavy atom. The topological polar surface area (TPSA) is 0 Å². The third-order valence-corrected chi connectivity index (χ3v) is 3.42. The van der Waals surface area contributed by atoms with Crippen molar-refractivity contribution < 1.29 is 4.39 Å². The van der Waals surface area contributed by atoms with Crippen LogP contribution in [-0.4, -0.2) is 5.08 Å². The summed E-state index contributed by atoms with van der Waals surface area (Å²) in [5.41, 5.74) is 1.13. The third kappa shape index (κ3) is 3.15. The Morgan fingerprint density at radius 3 is 1.90 bits per heavy atom. The lowest BCUT2D eigenvalue weighted by molar-refractivity contribution is 0.521. The van der Waals surface area contributed by atoms with Crippen LogP contribution in [-0.2, 0) is 0 Å². The molecule has 0 aromatic rings. The van der Waals surface area contributed by atoms with E-state index in [1.807, 2.05) is 13.8 Å². The lowest BCUT2D eigenvalue weighted by Gasteiger charge is -2.05. The predicted molar refractivity (Wildman–Crippen MR) is 50.4 cm³/mol. The molecule has 0 rings (SSSR count). The zero-order chi connectivity index (χ0) is 8.15. The van der Waals surface area contributed by atoms with Crippen LogP contribution in [0.1, 0.15) is 26.7 Å². The lowest BCUT2D eigenvalue weighted by atomic mass is 10.1. The Hall–Kier alpha value is 0.630. The van der Waals surface area contributed by atoms with Crippen LogP contribution in [0.4, 0.5) is 4.39 Å². The van der Waals surface area contributed by atoms with Crippen molar-refractivity contribution in [2.75, 3.05) is 0 Å². The number of alkyl halides is 2. The quantitative estimate of drug-likeness (QED) is 0.678. The minimum absolute atomic E-state index is 0.650. The monoisotopic (exact) mass is 272 g/mol. The summed E-state index contributed by atoms with van der Waals surface area (Å²) < 4.78 is 13.2. The fourth-order valence-electron chi connectivity index (χ4n) is 0.742. The van der Waals surface area contributed by atoms with E-state index in [0.29, 0.717) is 4.48 Å². The highest BCUT2D eigenvalue weighted by molar-refractivity contribution is 9.14. The molecule has 0 aliphatic rings. The Balaban J connectivity index is 4.27. The SMILES string of the molecule is CCC(CC)=C(Br)C(F)Br. The van der Waals surface area contributed by atoms with E-state index in [9.17, 15) is 4.39 Å². The number of allylic oxidation sites excluding steroid dienone is 2. The summed E-state index contributed by atoms with van der Waals surface area (Å²) in [5.74, 6) is 0. The van der Waals surface area contributed by atoms with E-state index < -0.39 is 5.08 Å². The Bertz CT molecular complexity index is 124. The van der Waals surface area contributed by atoms with E-state index in [0.717, 1.165) is 18.4 Å². The molecule has 0 bridgehead atoms. The van der Waals surface area contributed by atoms with Gasteiger partial charge < -0.3 is 0 Å². The van der Waals surface area contributed by atoms with Gasteiger partial charge in [-0.25, -0.2) is 4.39 Å². The van der Waals surface area contributed by atoms with Crippen LogP contribution in [0.15, 0.2) is 10.1 Å². The highest BCUT2D eigenvalue weighted by Gasteiger charge is 2.08. The first kappa shape index (κ1) is 10.6. The maximum Gasteiger partial charge on any atom is 0.186 e. The number of hydrogen-bond acceptors (Lipinski definition) is 0. The molecule has 0 amide bonds.